The van der Waals surface area contributed by atoms with Gasteiger partial charge in [0.2, 0.25) is 0 Å². The number of pyridine rings is 1. The molecule has 1 unspecified atom stereocenters. The maximum Gasteiger partial charge on any atom is 0.169 e. The first-order valence-electron chi connectivity index (χ1n) is 19.2. The van der Waals surface area contributed by atoms with Crippen LogP contribution in [-0.2, 0) is 0 Å². The molecule has 1 aliphatic heterocycles. The van der Waals surface area contributed by atoms with Gasteiger partial charge in [0.05, 0.1) is 11.2 Å². The van der Waals surface area contributed by atoms with Gasteiger partial charge in [-0.3, -0.25) is 0 Å². The maximum atomic E-state index is 5.22. The van der Waals surface area contributed by atoms with Gasteiger partial charge in [0.1, 0.15) is 11.7 Å². The van der Waals surface area contributed by atoms with E-state index in [4.69, 9.17) is 15.0 Å². The van der Waals surface area contributed by atoms with Crippen molar-refractivity contribution in [3.8, 4) is 33.5 Å². The zero-order chi connectivity index (χ0) is 37.7. The van der Waals surface area contributed by atoms with Crippen LogP contribution in [0, 0.1) is 0 Å². The third kappa shape index (κ3) is 5.88. The second-order valence-corrected chi connectivity index (χ2v) is 15.4. The van der Waals surface area contributed by atoms with Crippen LogP contribution in [0.2, 0.25) is 0 Å². The molecule has 5 heteroatoms. The number of benzene rings is 8. The highest BCUT2D eigenvalue weighted by molar-refractivity contribution is 7.27. The lowest BCUT2D eigenvalue weighted by Gasteiger charge is -2.23. The Morgan fingerprint density at radius 2 is 1.04 bits per heavy atom. The molecule has 1 N–H and O–H groups in total. The number of hydrogen-bond donors (Lipinski definition) is 1. The largest absolute Gasteiger partial charge is 0.324 e. The van der Waals surface area contributed by atoms with E-state index in [1.54, 1.807) is 0 Å². The van der Waals surface area contributed by atoms with Gasteiger partial charge in [-0.05, 0) is 46.0 Å². The Hall–Kier alpha value is -7.21. The van der Waals surface area contributed by atoms with Crippen molar-refractivity contribution in [3.05, 3.63) is 211 Å². The van der Waals surface area contributed by atoms with Gasteiger partial charge in [0, 0.05) is 53.0 Å². The minimum absolute atomic E-state index is 0.407. The molecule has 0 bridgehead atoms. The summed E-state index contributed by atoms with van der Waals surface area (Å²) in [6, 6.07) is 68.5. The number of aromatic nitrogens is 1. The molecule has 0 saturated carbocycles. The fourth-order valence-electron chi connectivity index (χ4n) is 8.17. The lowest BCUT2D eigenvalue weighted by Crippen LogP contribution is -2.36. The fraction of sp³-hybridized carbons (Fsp3) is 0.0192. The molecule has 10 aromatic rings. The van der Waals surface area contributed by atoms with Gasteiger partial charge < -0.3 is 5.32 Å². The molecule has 8 aromatic carbocycles. The van der Waals surface area contributed by atoms with Crippen LogP contribution in [0.3, 0.4) is 0 Å². The molecule has 1 atom stereocenters. The number of fused-ring (bicyclic) bond motifs is 7. The Kier molecular flexibility index (Phi) is 8.04. The first-order valence-corrected chi connectivity index (χ1v) is 20.0. The number of nitrogens with one attached hydrogen (secondary N) is 1. The van der Waals surface area contributed by atoms with Crippen LogP contribution in [-0.4, -0.2) is 16.7 Å². The van der Waals surface area contributed by atoms with Gasteiger partial charge in [-0.1, -0.05) is 176 Å². The Bertz CT molecular complexity index is 3190. The van der Waals surface area contributed by atoms with E-state index >= 15 is 0 Å². The van der Waals surface area contributed by atoms with Crippen molar-refractivity contribution in [1.29, 1.82) is 0 Å². The van der Waals surface area contributed by atoms with Gasteiger partial charge in [0.15, 0.2) is 6.17 Å². The molecule has 0 saturated heterocycles. The molecule has 3 heterocycles. The molecule has 0 amide bonds. The molecule has 268 valence electrons. The van der Waals surface area contributed by atoms with E-state index in [1.165, 1.54) is 47.5 Å². The molecule has 0 aliphatic carbocycles. The lowest BCUT2D eigenvalue weighted by molar-refractivity contribution is 0.756. The van der Waals surface area contributed by atoms with Crippen LogP contribution in [0.5, 0.6) is 0 Å². The van der Waals surface area contributed by atoms with E-state index in [-0.39, 0.29) is 0 Å². The first-order chi connectivity index (χ1) is 28.2. The van der Waals surface area contributed by atoms with E-state index in [9.17, 15) is 0 Å². The summed E-state index contributed by atoms with van der Waals surface area (Å²) < 4.78 is 2.56. The second-order valence-electron chi connectivity index (χ2n) is 14.4. The lowest BCUT2D eigenvalue weighted by atomic mass is 9.95. The van der Waals surface area contributed by atoms with Crippen molar-refractivity contribution < 1.29 is 0 Å². The molecule has 0 radical (unpaired) electrons. The Balaban J connectivity index is 1.02. The standard InChI is InChI=1S/C52H34N4S/c1-4-14-33(15-5-1)38-20-12-21-39(32-38)52-55-50(36-18-8-3-9-19-36)54-51(56-52)37-28-26-34(27-29-37)40-23-13-25-45-46(40)43-31-30-42-47(49(43)57-45)41-22-10-11-24-44(41)53-48(42)35-16-6-2-7-17-35/h1-32,51H,(H,54,55,56). The number of thiophene rings is 1. The van der Waals surface area contributed by atoms with Crippen LogP contribution in [0.1, 0.15) is 22.9 Å². The van der Waals surface area contributed by atoms with Crippen molar-refractivity contribution in [3.63, 3.8) is 0 Å². The molecule has 1 aliphatic rings. The van der Waals surface area contributed by atoms with Gasteiger partial charge in [-0.25, -0.2) is 15.0 Å². The first kappa shape index (κ1) is 33.2. The normalized spacial score (nSPS) is 14.1. The maximum absolute atomic E-state index is 5.22. The van der Waals surface area contributed by atoms with E-state index in [1.807, 2.05) is 35.6 Å². The van der Waals surface area contributed by atoms with Gasteiger partial charge in [-0.2, -0.15) is 0 Å². The number of amidine groups is 2. The summed E-state index contributed by atoms with van der Waals surface area (Å²) in [5.74, 6) is 1.61. The predicted molar refractivity (Wildman–Crippen MR) is 240 cm³/mol. The Morgan fingerprint density at radius 1 is 0.421 bits per heavy atom. The molecule has 11 rings (SSSR count). The summed E-state index contributed by atoms with van der Waals surface area (Å²) in [6.45, 7) is 0. The summed E-state index contributed by atoms with van der Waals surface area (Å²) >= 11 is 1.87. The van der Waals surface area contributed by atoms with Gasteiger partial charge >= 0.3 is 0 Å². The van der Waals surface area contributed by atoms with Crippen LogP contribution in [0.25, 0.3) is 75.4 Å². The number of nitrogens with zero attached hydrogens (tertiary/aromatic N) is 3. The average Bonchev–Trinajstić information content (AvgIpc) is 3.69. The molecule has 57 heavy (non-hydrogen) atoms. The highest BCUT2D eigenvalue weighted by Crippen LogP contribution is 2.46. The van der Waals surface area contributed by atoms with Crippen molar-refractivity contribution in [2.75, 3.05) is 0 Å². The van der Waals surface area contributed by atoms with Crippen molar-refractivity contribution in [2.24, 2.45) is 9.98 Å². The molecular formula is C52H34N4S. The average molecular weight is 747 g/mol. The van der Waals surface area contributed by atoms with E-state index < -0.39 is 6.17 Å². The second kappa shape index (κ2) is 13.8. The Morgan fingerprint density at radius 3 is 1.81 bits per heavy atom. The predicted octanol–water partition coefficient (Wildman–Crippen LogP) is 13.3. The van der Waals surface area contributed by atoms with Gasteiger partial charge in [0.25, 0.3) is 0 Å². The minimum Gasteiger partial charge on any atom is -0.324 e. The summed E-state index contributed by atoms with van der Waals surface area (Å²) in [6.07, 6.45) is -0.407. The third-order valence-corrected chi connectivity index (χ3v) is 12.1. The topological polar surface area (TPSA) is 49.6 Å². The summed E-state index contributed by atoms with van der Waals surface area (Å²) in [5, 5.41) is 9.73. The molecule has 4 nitrogen and oxygen atoms in total. The van der Waals surface area contributed by atoms with Crippen LogP contribution in [0.15, 0.2) is 204 Å². The van der Waals surface area contributed by atoms with Gasteiger partial charge in [-0.15, -0.1) is 11.3 Å². The quantitative estimate of drug-likeness (QED) is 0.172. The fourth-order valence-corrected chi connectivity index (χ4v) is 9.46. The third-order valence-electron chi connectivity index (χ3n) is 10.9. The molecule has 2 aromatic heterocycles. The zero-order valence-electron chi connectivity index (χ0n) is 30.8. The highest BCUT2D eigenvalue weighted by atomic mass is 32.1. The number of rotatable bonds is 6. The number of para-hydroxylation sites is 1. The highest BCUT2D eigenvalue weighted by Gasteiger charge is 2.22. The van der Waals surface area contributed by atoms with Crippen molar-refractivity contribution >= 4 is 64.9 Å². The summed E-state index contributed by atoms with van der Waals surface area (Å²) in [4.78, 5) is 15.6. The summed E-state index contributed by atoms with van der Waals surface area (Å²) in [5.41, 5.74) is 10.9. The molecule has 0 spiro atoms. The van der Waals surface area contributed by atoms with E-state index in [2.05, 4.69) is 175 Å². The van der Waals surface area contributed by atoms with Crippen molar-refractivity contribution in [2.45, 2.75) is 6.17 Å². The Labute approximate surface area is 334 Å². The van der Waals surface area contributed by atoms with Crippen LogP contribution < -0.4 is 5.32 Å². The van der Waals surface area contributed by atoms with Crippen LogP contribution in [0.4, 0.5) is 0 Å². The monoisotopic (exact) mass is 746 g/mol. The number of hydrogen-bond acceptors (Lipinski definition) is 5. The zero-order valence-corrected chi connectivity index (χ0v) is 31.6. The smallest absolute Gasteiger partial charge is 0.169 e. The minimum atomic E-state index is -0.407. The number of aliphatic imine (C=N–C) groups is 2. The van der Waals surface area contributed by atoms with Crippen molar-refractivity contribution in [1.82, 2.24) is 10.3 Å². The van der Waals surface area contributed by atoms with Crippen LogP contribution >= 0.6 is 11.3 Å². The summed E-state index contributed by atoms with van der Waals surface area (Å²) in [7, 11) is 0. The molecule has 0 fully saturated rings. The SMILES string of the molecule is c1ccc(C2=NC(c3ccc(-c4cccc5sc6c(ccc7c(-c8ccccc8)nc8ccccc8c76)c45)cc3)N=C(c3cccc(-c4ccccc4)c3)N2)cc1. The van der Waals surface area contributed by atoms with E-state index in [0.29, 0.717) is 0 Å². The van der Waals surface area contributed by atoms with E-state index in [0.717, 1.165) is 56.3 Å². The molecular weight excluding hydrogens is 713 g/mol.